The Balaban J connectivity index is 0.00000225. The van der Waals surface area contributed by atoms with Crippen LogP contribution in [0.25, 0.3) is 0 Å². The van der Waals surface area contributed by atoms with Crippen molar-refractivity contribution in [3.63, 3.8) is 0 Å². The lowest BCUT2D eigenvalue weighted by molar-refractivity contribution is 0.480. The summed E-state index contributed by atoms with van der Waals surface area (Å²) in [5, 5.41) is 4.27. The molecule has 3 rings (SSSR count). The highest BCUT2D eigenvalue weighted by Crippen LogP contribution is 2.21. The maximum atomic E-state index is 5.96. The van der Waals surface area contributed by atoms with E-state index in [-0.39, 0.29) is 30.0 Å². The normalized spacial score (nSPS) is 15.8. The maximum Gasteiger partial charge on any atom is 0.194 e. The van der Waals surface area contributed by atoms with E-state index in [2.05, 4.69) is 77.7 Å². The number of rotatable bonds is 4. The van der Waals surface area contributed by atoms with Crippen LogP contribution in [-0.2, 0) is 6.54 Å². The lowest BCUT2D eigenvalue weighted by Crippen LogP contribution is -2.36. The van der Waals surface area contributed by atoms with Crippen LogP contribution >= 0.6 is 35.6 Å². The van der Waals surface area contributed by atoms with Gasteiger partial charge in [0.15, 0.2) is 5.96 Å². The molecule has 0 aliphatic carbocycles. The second kappa shape index (κ2) is 8.76. The van der Waals surface area contributed by atoms with Gasteiger partial charge in [-0.2, -0.15) is 0 Å². The third-order valence-corrected chi connectivity index (χ3v) is 4.46. The number of nitrogens with one attached hydrogen (secondary N) is 1. The third kappa shape index (κ3) is 5.01. The molecule has 0 radical (unpaired) electrons. The lowest BCUT2D eigenvalue weighted by Gasteiger charge is -2.22. The summed E-state index contributed by atoms with van der Waals surface area (Å²) in [5.74, 6) is 0.935. The average molecular weight is 471 g/mol. The van der Waals surface area contributed by atoms with E-state index >= 15 is 0 Å². The zero-order valence-corrected chi connectivity index (χ0v) is 17.8. The van der Waals surface area contributed by atoms with Crippen LogP contribution in [0.15, 0.2) is 53.5 Å². The molecule has 6 heteroatoms. The van der Waals surface area contributed by atoms with Crippen molar-refractivity contribution in [3.8, 4) is 0 Å². The fraction of sp³-hybridized carbons (Fsp3) is 0.316. The maximum absolute atomic E-state index is 5.96. The first-order valence-electron chi connectivity index (χ1n) is 8.07. The fourth-order valence-electron chi connectivity index (χ4n) is 2.82. The third-order valence-electron chi connectivity index (χ3n) is 4.21. The summed E-state index contributed by atoms with van der Waals surface area (Å²) >= 11 is 5.96. The number of benzene rings is 2. The number of halogens is 2. The second-order valence-electron chi connectivity index (χ2n) is 6.33. The largest absolute Gasteiger partial charge is 0.378 e. The molecule has 1 unspecified atom stereocenters. The van der Waals surface area contributed by atoms with Crippen LogP contribution in [-0.4, -0.2) is 38.5 Å². The van der Waals surface area contributed by atoms with E-state index in [1.165, 1.54) is 16.8 Å². The number of anilines is 1. The zero-order valence-electron chi connectivity index (χ0n) is 14.7. The van der Waals surface area contributed by atoms with Crippen molar-refractivity contribution in [1.82, 2.24) is 10.2 Å². The molecule has 25 heavy (non-hydrogen) atoms. The van der Waals surface area contributed by atoms with Gasteiger partial charge in [0.2, 0.25) is 0 Å². The minimum absolute atomic E-state index is 0. The molecule has 2 aromatic carbocycles. The van der Waals surface area contributed by atoms with Gasteiger partial charge < -0.3 is 15.1 Å². The van der Waals surface area contributed by atoms with E-state index in [0.29, 0.717) is 0 Å². The van der Waals surface area contributed by atoms with Gasteiger partial charge in [-0.1, -0.05) is 35.9 Å². The van der Waals surface area contributed by atoms with Crippen LogP contribution in [0.1, 0.15) is 17.2 Å². The summed E-state index contributed by atoms with van der Waals surface area (Å²) < 4.78 is 0. The number of hydrogen-bond donors (Lipinski definition) is 1. The highest BCUT2D eigenvalue weighted by Gasteiger charge is 2.21. The molecule has 0 fully saturated rings. The van der Waals surface area contributed by atoms with Gasteiger partial charge in [-0.15, -0.1) is 24.0 Å². The van der Waals surface area contributed by atoms with Gasteiger partial charge in [0.1, 0.15) is 0 Å². The minimum Gasteiger partial charge on any atom is -0.378 e. The standard InChI is InChI=1S/C19H23ClN4.HI/c1-23(2)17-6-4-5-14(11-17)13-24(3)19-21-12-18(22-19)15-7-9-16(20)10-8-15;/h4-11,18H,12-13H2,1-3H3,(H,21,22);1H. The summed E-state index contributed by atoms with van der Waals surface area (Å²) in [5.41, 5.74) is 3.69. The van der Waals surface area contributed by atoms with E-state index in [0.717, 1.165) is 24.1 Å². The Morgan fingerprint density at radius 2 is 1.84 bits per heavy atom. The van der Waals surface area contributed by atoms with Gasteiger partial charge in [-0.05, 0) is 35.4 Å². The zero-order chi connectivity index (χ0) is 17.1. The van der Waals surface area contributed by atoms with E-state index in [1.54, 1.807) is 0 Å². The van der Waals surface area contributed by atoms with Crippen LogP contribution in [0.2, 0.25) is 5.02 Å². The molecule has 1 aliphatic rings. The van der Waals surface area contributed by atoms with Gasteiger partial charge >= 0.3 is 0 Å². The Labute approximate surface area is 171 Å². The summed E-state index contributed by atoms with van der Waals surface area (Å²) in [7, 11) is 6.18. The van der Waals surface area contributed by atoms with Crippen molar-refractivity contribution in [2.45, 2.75) is 12.6 Å². The molecule has 1 heterocycles. The Morgan fingerprint density at radius 1 is 1.12 bits per heavy atom. The molecule has 0 saturated heterocycles. The van der Waals surface area contributed by atoms with Crippen LogP contribution in [0.3, 0.4) is 0 Å². The van der Waals surface area contributed by atoms with Crippen molar-refractivity contribution >= 4 is 47.2 Å². The highest BCUT2D eigenvalue weighted by molar-refractivity contribution is 14.0. The molecule has 0 saturated carbocycles. The van der Waals surface area contributed by atoms with Crippen molar-refractivity contribution in [3.05, 3.63) is 64.7 Å². The summed E-state index contributed by atoms with van der Waals surface area (Å²) in [6, 6.07) is 16.7. The molecule has 0 aromatic heterocycles. The topological polar surface area (TPSA) is 30.9 Å². The van der Waals surface area contributed by atoms with Crippen LogP contribution in [0.4, 0.5) is 5.69 Å². The number of hydrogen-bond acceptors (Lipinski definition) is 4. The molecule has 0 spiro atoms. The SMILES string of the molecule is CN(Cc1cccc(N(C)C)c1)C1=NCC(c2ccc(Cl)cc2)N1.I. The number of nitrogens with zero attached hydrogens (tertiary/aromatic N) is 3. The van der Waals surface area contributed by atoms with Crippen LogP contribution in [0.5, 0.6) is 0 Å². The predicted molar refractivity (Wildman–Crippen MR) is 117 cm³/mol. The first kappa shape index (κ1) is 19.8. The molecule has 1 atom stereocenters. The van der Waals surface area contributed by atoms with E-state index in [1.807, 2.05) is 12.1 Å². The summed E-state index contributed by atoms with van der Waals surface area (Å²) in [6.07, 6.45) is 0. The average Bonchev–Trinajstić information content (AvgIpc) is 3.06. The van der Waals surface area contributed by atoms with Crippen molar-refractivity contribution in [1.29, 1.82) is 0 Å². The molecular weight excluding hydrogens is 447 g/mol. The lowest BCUT2D eigenvalue weighted by atomic mass is 10.1. The quantitative estimate of drug-likeness (QED) is 0.681. The first-order chi connectivity index (χ1) is 11.5. The Kier molecular flexibility index (Phi) is 6.95. The predicted octanol–water partition coefficient (Wildman–Crippen LogP) is 4.16. The van der Waals surface area contributed by atoms with Gasteiger partial charge in [-0.3, -0.25) is 4.99 Å². The number of aliphatic imine (C=N–C) groups is 1. The smallest absolute Gasteiger partial charge is 0.194 e. The second-order valence-corrected chi connectivity index (χ2v) is 6.77. The van der Waals surface area contributed by atoms with Crippen LogP contribution in [0, 0.1) is 0 Å². The molecule has 4 nitrogen and oxygen atoms in total. The summed E-state index contributed by atoms with van der Waals surface area (Å²) in [6.45, 7) is 1.57. The van der Waals surface area contributed by atoms with Crippen molar-refractivity contribution in [2.75, 3.05) is 32.6 Å². The van der Waals surface area contributed by atoms with E-state index in [4.69, 9.17) is 11.6 Å². The Hall–Kier alpha value is -1.47. The minimum atomic E-state index is 0. The molecule has 1 aliphatic heterocycles. The Morgan fingerprint density at radius 3 is 2.52 bits per heavy atom. The fourth-order valence-corrected chi connectivity index (χ4v) is 2.95. The molecule has 1 N–H and O–H groups in total. The van der Waals surface area contributed by atoms with Crippen molar-refractivity contribution in [2.24, 2.45) is 4.99 Å². The monoisotopic (exact) mass is 470 g/mol. The van der Waals surface area contributed by atoms with Gasteiger partial charge in [0, 0.05) is 38.4 Å². The van der Waals surface area contributed by atoms with Crippen LogP contribution < -0.4 is 10.2 Å². The van der Waals surface area contributed by atoms with Gasteiger partial charge in [0.05, 0.1) is 12.6 Å². The molecule has 134 valence electrons. The number of guanidine groups is 1. The molecule has 0 amide bonds. The van der Waals surface area contributed by atoms with E-state index < -0.39 is 0 Å². The molecule has 2 aromatic rings. The van der Waals surface area contributed by atoms with Crippen molar-refractivity contribution < 1.29 is 0 Å². The summed E-state index contributed by atoms with van der Waals surface area (Å²) in [4.78, 5) is 8.93. The van der Waals surface area contributed by atoms with Gasteiger partial charge in [0.25, 0.3) is 0 Å². The first-order valence-corrected chi connectivity index (χ1v) is 8.44. The molecule has 0 bridgehead atoms. The van der Waals surface area contributed by atoms with Gasteiger partial charge in [-0.25, -0.2) is 0 Å². The van der Waals surface area contributed by atoms with E-state index in [9.17, 15) is 0 Å². The Bertz CT molecular complexity index is 730. The molecular formula is C19H24ClIN4. The highest BCUT2D eigenvalue weighted by atomic mass is 127.